The van der Waals surface area contributed by atoms with E-state index in [4.69, 9.17) is 26.9 Å². The van der Waals surface area contributed by atoms with Gasteiger partial charge in [-0.05, 0) is 172 Å². The third-order valence-corrected chi connectivity index (χ3v) is 20.3. The normalized spacial score (nSPS) is 12.8. The van der Waals surface area contributed by atoms with Crippen LogP contribution in [0.1, 0.15) is 109 Å². The highest BCUT2D eigenvalue weighted by Gasteiger charge is 2.24. The molecule has 1 N–H and O–H groups in total. The third kappa shape index (κ3) is 25.3. The summed E-state index contributed by atoms with van der Waals surface area (Å²) in [5.74, 6) is 1.15. The van der Waals surface area contributed by atoms with Crippen LogP contribution >= 0.6 is 0 Å². The second-order valence-electron chi connectivity index (χ2n) is 27.0. The number of rotatable bonds is 25. The van der Waals surface area contributed by atoms with Gasteiger partial charge in [-0.15, -0.1) is 0 Å². The lowest BCUT2D eigenvalue weighted by Crippen LogP contribution is -2.64. The molecule has 0 amide bonds. The molecule has 0 fully saturated rings. The van der Waals surface area contributed by atoms with Gasteiger partial charge in [-0.25, -0.2) is 38.3 Å². The number of allylic oxidation sites excluding steroid dienone is 20. The van der Waals surface area contributed by atoms with Gasteiger partial charge < -0.3 is 19.3 Å². The summed E-state index contributed by atoms with van der Waals surface area (Å²) in [5.41, 5.74) is 24.8. The number of aryl methyl sites for hydroxylation is 3. The number of hydrogen-bond donors (Lipinski definition) is 1. The molecule has 11 rings (SSSR count). The van der Waals surface area contributed by atoms with Gasteiger partial charge in [0.2, 0.25) is 0 Å². The molecule has 0 spiro atoms. The van der Waals surface area contributed by atoms with E-state index in [0.717, 1.165) is 61.7 Å². The Morgan fingerprint density at radius 3 is 1.05 bits per heavy atom. The van der Waals surface area contributed by atoms with E-state index in [-0.39, 0.29) is 18.4 Å². The smallest absolute Gasteiger partial charge is 0.199 e. The zero-order valence-electron chi connectivity index (χ0n) is 65.6. The molecule has 8 nitrogen and oxygen atoms in total. The predicted octanol–water partition coefficient (Wildman–Crippen LogP) is 20.4. The van der Waals surface area contributed by atoms with Gasteiger partial charge in [-0.2, -0.15) is 6.82 Å². The Kier molecular flexibility index (Phi) is 35.4. The van der Waals surface area contributed by atoms with Crippen molar-refractivity contribution in [3.05, 3.63) is 401 Å². The van der Waals surface area contributed by atoms with Crippen molar-refractivity contribution < 1.29 is 45.5 Å². The van der Waals surface area contributed by atoms with Gasteiger partial charge in [0.25, 0.3) is 0 Å². The molecule has 0 saturated heterocycles. The molecular formula is C97H107BF3N3O5S. The van der Waals surface area contributed by atoms with Crippen LogP contribution in [-0.4, -0.2) is 97.2 Å². The van der Waals surface area contributed by atoms with Gasteiger partial charge in [-0.1, -0.05) is 278 Å². The van der Waals surface area contributed by atoms with Crippen LogP contribution in [0.5, 0.6) is 5.75 Å². The Labute approximate surface area is 653 Å². The molecule has 2 aliphatic rings. The number of nitrogens with zero attached hydrogens (tertiary/aromatic N) is 3. The van der Waals surface area contributed by atoms with Crippen LogP contribution in [0.2, 0.25) is 6.82 Å². The molecule has 0 aromatic heterocycles. The summed E-state index contributed by atoms with van der Waals surface area (Å²) in [7, 11) is -2.89. The van der Waals surface area contributed by atoms with Gasteiger partial charge in [0, 0.05) is 64.1 Å². The Morgan fingerprint density at radius 2 is 0.773 bits per heavy atom. The van der Waals surface area contributed by atoms with E-state index >= 15 is 0 Å². The van der Waals surface area contributed by atoms with Crippen LogP contribution in [0.3, 0.4) is 0 Å². The van der Waals surface area contributed by atoms with Gasteiger partial charge >= 0.3 is 0 Å². The maximum Gasteiger partial charge on any atom is 0.199 e. The third-order valence-electron chi connectivity index (χ3n) is 20.0. The molecule has 13 heteroatoms. The Morgan fingerprint density at radius 1 is 0.464 bits per heavy atom. The minimum absolute atomic E-state index is 0.0495. The van der Waals surface area contributed by atoms with Crippen molar-refractivity contribution in [2.45, 2.75) is 87.6 Å². The number of benzene rings is 9. The molecule has 0 saturated carbocycles. The standard InChI is InChI=1S/C40H47N2.C37H40NO2.C19H18B.CH3FO3S.F2/c1-7-41(8-2)37-27-23-35(24-28-37)40(36-25-29-38(30-26-36)42(9-3)10-4)14-12-11-13-39(33-19-15-31(5)16-20-33)34-21-17-32(6)18-22-34;1-5-38(6-2)34-23-19-32(20-24-34)37(33-21-25-35(40-4)26-22-33)10-8-7-9-36(30-15-11-28(3)12-16-30)31-17-13-29(27-39)14-18-31;1-20(17-11-5-2-6-12-17,18-13-7-3-8-14-18)19-15-9-4-10-16-19;2-1-6(3,4)5;1-2/h11-30,39H,7-10H2,1-6H3;7-26,36,39H,5-6,27H2,1-4H3;2-16H,1H3;1H2,(H,3,4,5);/q2*+1;-1;;/p-1. The number of ether oxygens (including phenoxy) is 1. The van der Waals surface area contributed by atoms with E-state index in [0.29, 0.717) is 0 Å². The van der Waals surface area contributed by atoms with Gasteiger partial charge in [0.05, 0.1) is 19.9 Å². The number of methoxy groups -OCH3 is 1. The van der Waals surface area contributed by atoms with Crippen molar-refractivity contribution in [2.75, 3.05) is 57.3 Å². The zero-order chi connectivity index (χ0) is 79.3. The lowest BCUT2D eigenvalue weighted by atomic mass is 9.17. The molecule has 9 aromatic carbocycles. The van der Waals surface area contributed by atoms with Crippen molar-refractivity contribution in [1.29, 1.82) is 0 Å². The number of halogens is 3. The second kappa shape index (κ2) is 45.1. The van der Waals surface area contributed by atoms with Crippen LogP contribution < -0.4 is 26.0 Å². The number of alkyl halides is 1. The molecule has 0 bridgehead atoms. The highest BCUT2D eigenvalue weighted by molar-refractivity contribution is 7.85. The Bertz CT molecular complexity index is 4640. The van der Waals surface area contributed by atoms with Crippen LogP contribution in [0.25, 0.3) is 11.1 Å². The summed E-state index contributed by atoms with van der Waals surface area (Å²) >= 11 is 0. The lowest BCUT2D eigenvalue weighted by Gasteiger charge is -2.39. The minimum Gasteiger partial charge on any atom is -0.746 e. The number of aliphatic hydroxyl groups is 1. The fourth-order valence-corrected chi connectivity index (χ4v) is 13.5. The van der Waals surface area contributed by atoms with E-state index < -0.39 is 22.3 Å². The SMILES string of the molecule is CCN(CC)c1ccc(C(C=CC=CC(c2ccc(C)cc2)c2ccc(C)cc2)=C2C=CC(=[N+](CC)CC)C=C2)cc1.CC[N+](CC)=C1C=CC(=C(C=CC=CC(c2ccc(C)cc2)c2ccc(CO)cc2)c2ccc(OC)cc2)C=C1.C[B-](c1ccccc1)(c1ccccc1)c1ccccc1.FF.O=S(=O)([O-])CF. The molecule has 9 aromatic rings. The maximum absolute atomic E-state index is 10.6. The summed E-state index contributed by atoms with van der Waals surface area (Å²) in [6.45, 7) is 28.0. The highest BCUT2D eigenvalue weighted by Crippen LogP contribution is 2.32. The highest BCUT2D eigenvalue weighted by atomic mass is 32.2. The summed E-state index contributed by atoms with van der Waals surface area (Å²) in [6, 6.07) is 82.6. The molecule has 1 atom stereocenters. The van der Waals surface area contributed by atoms with Crippen molar-refractivity contribution in [1.82, 2.24) is 0 Å². The topological polar surface area (TPSA) is 95.9 Å². The number of hydrogen-bond acceptors (Lipinski definition) is 6. The fourth-order valence-electron chi connectivity index (χ4n) is 13.5. The number of anilines is 1. The van der Waals surface area contributed by atoms with Crippen molar-refractivity contribution in [3.8, 4) is 5.75 Å². The van der Waals surface area contributed by atoms with Crippen molar-refractivity contribution >= 4 is 60.9 Å². The Hall–Kier alpha value is -11.0. The number of aliphatic hydroxyl groups excluding tert-OH is 1. The first-order valence-corrected chi connectivity index (χ1v) is 39.5. The van der Waals surface area contributed by atoms with Gasteiger partial charge in [0.15, 0.2) is 17.4 Å². The first-order valence-electron chi connectivity index (χ1n) is 37.9. The zero-order valence-corrected chi connectivity index (χ0v) is 66.4. The molecule has 110 heavy (non-hydrogen) atoms. The lowest BCUT2D eigenvalue weighted by molar-refractivity contribution is -0.519. The Balaban J connectivity index is 0.000000229. The quantitative estimate of drug-likeness (QED) is 0.0265. The van der Waals surface area contributed by atoms with E-state index in [2.05, 4.69) is 393 Å². The van der Waals surface area contributed by atoms with Crippen LogP contribution in [0.4, 0.5) is 19.2 Å². The summed E-state index contributed by atoms with van der Waals surface area (Å²) in [5, 5.41) is 9.49. The minimum atomic E-state index is -4.58. The van der Waals surface area contributed by atoms with Crippen LogP contribution in [-0.2, 0) is 16.7 Å². The summed E-state index contributed by atoms with van der Waals surface area (Å²) in [4.78, 5) is 2.39. The molecule has 0 aliphatic heterocycles. The van der Waals surface area contributed by atoms with E-state index in [9.17, 15) is 9.50 Å². The average molecular weight is 1490 g/mol. The summed E-state index contributed by atoms with van der Waals surface area (Å²) < 4.78 is 63.9. The largest absolute Gasteiger partial charge is 0.746 e. The first-order chi connectivity index (χ1) is 53.4. The molecule has 2 aliphatic carbocycles. The van der Waals surface area contributed by atoms with Crippen molar-refractivity contribution in [2.24, 2.45) is 0 Å². The average Bonchev–Trinajstić information content (AvgIpc) is 0.769. The van der Waals surface area contributed by atoms with Crippen LogP contribution in [0.15, 0.2) is 345 Å². The molecular weight excluding hydrogens is 1390 g/mol. The molecule has 1 unspecified atom stereocenters. The van der Waals surface area contributed by atoms with E-state index in [1.807, 2.05) is 24.3 Å². The molecule has 0 radical (unpaired) electrons. The van der Waals surface area contributed by atoms with E-state index in [1.54, 1.807) is 7.11 Å². The monoisotopic (exact) mass is 1490 g/mol. The second-order valence-corrected chi connectivity index (χ2v) is 28.3. The summed E-state index contributed by atoms with van der Waals surface area (Å²) in [6.07, 6.45) is 34.6. The molecule has 570 valence electrons. The fraction of sp³-hybridized carbons (Fsp3) is 0.216. The first kappa shape index (κ1) is 86.3. The van der Waals surface area contributed by atoms with Gasteiger partial charge in [0.1, 0.15) is 42.0 Å². The van der Waals surface area contributed by atoms with E-state index in [1.165, 1.54) is 94.7 Å². The van der Waals surface area contributed by atoms with Crippen LogP contribution in [0, 0.1) is 20.8 Å². The molecule has 0 heterocycles. The van der Waals surface area contributed by atoms with Gasteiger partial charge in [-0.3, -0.25) is 0 Å². The van der Waals surface area contributed by atoms with Crippen molar-refractivity contribution in [3.63, 3.8) is 0 Å². The predicted molar refractivity (Wildman–Crippen MR) is 460 cm³/mol. The maximum atomic E-state index is 10.6.